The molecule has 0 aromatic heterocycles. The largest absolute Gasteiger partial charge is 0.465 e. The van der Waals surface area contributed by atoms with Gasteiger partial charge in [0.1, 0.15) is 5.54 Å². The van der Waals surface area contributed by atoms with Crippen LogP contribution in [0.4, 0.5) is 0 Å². The zero-order chi connectivity index (χ0) is 15.2. The van der Waals surface area contributed by atoms with Crippen LogP contribution in [0, 0.1) is 5.41 Å². The Labute approximate surface area is 124 Å². The molecule has 0 spiro atoms. The Morgan fingerprint density at radius 1 is 1.35 bits per heavy atom. The summed E-state index contributed by atoms with van der Waals surface area (Å²) in [5.74, 6) is -0.141. The molecule has 0 saturated carbocycles. The lowest BCUT2D eigenvalue weighted by atomic mass is 9.78. The third-order valence-electron chi connectivity index (χ3n) is 5.12. The number of piperidine rings is 1. The molecule has 4 nitrogen and oxygen atoms in total. The van der Waals surface area contributed by atoms with Gasteiger partial charge in [0, 0.05) is 6.54 Å². The molecule has 1 aliphatic heterocycles. The van der Waals surface area contributed by atoms with E-state index in [-0.39, 0.29) is 5.97 Å². The van der Waals surface area contributed by atoms with Crippen molar-refractivity contribution in [3.63, 3.8) is 0 Å². The van der Waals surface area contributed by atoms with Crippen LogP contribution in [0.1, 0.15) is 53.4 Å². The number of hydrogen-bond donors (Lipinski definition) is 1. The van der Waals surface area contributed by atoms with Gasteiger partial charge in [-0.05, 0) is 58.7 Å². The van der Waals surface area contributed by atoms with Crippen molar-refractivity contribution in [2.24, 2.45) is 5.41 Å². The zero-order valence-corrected chi connectivity index (χ0v) is 13.9. The van der Waals surface area contributed by atoms with Crippen molar-refractivity contribution >= 4 is 5.97 Å². The van der Waals surface area contributed by atoms with Gasteiger partial charge in [0.25, 0.3) is 0 Å². The smallest absolute Gasteiger partial charge is 0.326 e. The minimum Gasteiger partial charge on any atom is -0.465 e. The van der Waals surface area contributed by atoms with E-state index in [9.17, 15) is 4.79 Å². The number of hydrogen-bond acceptors (Lipinski definition) is 4. The van der Waals surface area contributed by atoms with E-state index in [0.29, 0.717) is 12.0 Å². The monoisotopic (exact) mass is 284 g/mol. The Morgan fingerprint density at radius 3 is 2.40 bits per heavy atom. The van der Waals surface area contributed by atoms with Crippen molar-refractivity contribution in [2.75, 3.05) is 33.3 Å². The summed E-state index contributed by atoms with van der Waals surface area (Å²) in [5, 5.41) is 3.13. The van der Waals surface area contributed by atoms with Gasteiger partial charge in [-0.2, -0.15) is 0 Å². The number of carbonyl (C=O) groups is 1. The van der Waals surface area contributed by atoms with Crippen molar-refractivity contribution in [1.82, 2.24) is 10.2 Å². The zero-order valence-electron chi connectivity index (χ0n) is 13.9. The van der Waals surface area contributed by atoms with Crippen molar-refractivity contribution in [3.05, 3.63) is 0 Å². The average Bonchev–Trinajstić information content (AvgIpc) is 2.46. The van der Waals surface area contributed by atoms with Crippen molar-refractivity contribution in [2.45, 2.75) is 58.9 Å². The predicted molar refractivity (Wildman–Crippen MR) is 82.8 cm³/mol. The Bertz CT molecular complexity index is 312. The number of ether oxygens (including phenoxy) is 1. The van der Waals surface area contributed by atoms with Crippen LogP contribution in [-0.2, 0) is 9.53 Å². The topological polar surface area (TPSA) is 41.6 Å². The molecular formula is C16H32N2O2. The number of nitrogens with zero attached hydrogens (tertiary/aromatic N) is 1. The molecule has 1 atom stereocenters. The molecule has 118 valence electrons. The van der Waals surface area contributed by atoms with E-state index in [4.69, 9.17) is 4.74 Å². The molecule has 1 fully saturated rings. The Hall–Kier alpha value is -0.610. The molecule has 1 saturated heterocycles. The number of nitrogens with one attached hydrogen (secondary N) is 1. The molecule has 1 rings (SSSR count). The second-order valence-electron chi connectivity index (χ2n) is 6.56. The molecule has 1 N–H and O–H groups in total. The molecule has 0 radical (unpaired) electrons. The third kappa shape index (κ3) is 4.45. The van der Waals surface area contributed by atoms with E-state index in [1.807, 2.05) is 20.9 Å². The molecule has 0 amide bonds. The molecule has 1 heterocycles. The van der Waals surface area contributed by atoms with Crippen molar-refractivity contribution in [3.8, 4) is 0 Å². The fourth-order valence-electron chi connectivity index (χ4n) is 2.67. The van der Waals surface area contributed by atoms with Crippen LogP contribution in [0.15, 0.2) is 0 Å². The standard InChI is InChI=1S/C16H32N2O2/c1-6-15(3)8-11-18(12-9-15)13-10-16(4,17-5)14(19)20-7-2/h17H,6-13H2,1-5H3. The molecular weight excluding hydrogens is 252 g/mol. The summed E-state index contributed by atoms with van der Waals surface area (Å²) in [6.45, 7) is 12.1. The number of carbonyl (C=O) groups excluding carboxylic acids is 1. The molecule has 0 aromatic rings. The summed E-state index contributed by atoms with van der Waals surface area (Å²) in [6, 6.07) is 0. The fourth-order valence-corrected chi connectivity index (χ4v) is 2.67. The molecule has 0 aromatic carbocycles. The summed E-state index contributed by atoms with van der Waals surface area (Å²) in [6.07, 6.45) is 4.58. The summed E-state index contributed by atoms with van der Waals surface area (Å²) in [4.78, 5) is 14.5. The minimum absolute atomic E-state index is 0.141. The van der Waals surface area contributed by atoms with Gasteiger partial charge in [0.2, 0.25) is 0 Å². The number of rotatable bonds is 7. The van der Waals surface area contributed by atoms with Gasteiger partial charge >= 0.3 is 5.97 Å². The van der Waals surface area contributed by atoms with E-state index in [1.165, 1.54) is 19.3 Å². The van der Waals surface area contributed by atoms with Crippen LogP contribution in [-0.4, -0.2) is 49.7 Å². The molecule has 1 unspecified atom stereocenters. The first kappa shape index (κ1) is 17.4. The number of likely N-dealkylation sites (tertiary alicyclic amines) is 1. The van der Waals surface area contributed by atoms with Gasteiger partial charge in [-0.1, -0.05) is 20.3 Å². The highest BCUT2D eigenvalue weighted by Gasteiger charge is 2.34. The Balaban J connectivity index is 2.44. The number of esters is 1. The molecule has 20 heavy (non-hydrogen) atoms. The summed E-state index contributed by atoms with van der Waals surface area (Å²) in [7, 11) is 1.83. The maximum Gasteiger partial charge on any atom is 0.326 e. The quantitative estimate of drug-likeness (QED) is 0.729. The molecule has 0 bridgehead atoms. The second-order valence-corrected chi connectivity index (χ2v) is 6.56. The summed E-state index contributed by atoms with van der Waals surface area (Å²) in [5.41, 5.74) is -0.0501. The van der Waals surface area contributed by atoms with Crippen LogP contribution in [0.3, 0.4) is 0 Å². The van der Waals surface area contributed by atoms with Crippen LogP contribution < -0.4 is 5.32 Å². The van der Waals surface area contributed by atoms with E-state index in [1.54, 1.807) is 0 Å². The van der Waals surface area contributed by atoms with Crippen LogP contribution in [0.2, 0.25) is 0 Å². The summed E-state index contributed by atoms with van der Waals surface area (Å²) < 4.78 is 5.17. The maximum absolute atomic E-state index is 12.0. The average molecular weight is 284 g/mol. The first-order valence-corrected chi connectivity index (χ1v) is 7.97. The van der Waals surface area contributed by atoms with Gasteiger partial charge in [0.15, 0.2) is 0 Å². The SMILES string of the molecule is CCOC(=O)C(C)(CCN1CCC(C)(CC)CC1)NC. The van der Waals surface area contributed by atoms with E-state index in [2.05, 4.69) is 24.1 Å². The van der Waals surface area contributed by atoms with Gasteiger partial charge in [-0.3, -0.25) is 4.79 Å². The first-order valence-electron chi connectivity index (χ1n) is 7.97. The van der Waals surface area contributed by atoms with Crippen LogP contribution in [0.5, 0.6) is 0 Å². The fraction of sp³-hybridized carbons (Fsp3) is 0.938. The highest BCUT2D eigenvalue weighted by Crippen LogP contribution is 2.34. The lowest BCUT2D eigenvalue weighted by Crippen LogP contribution is -2.51. The Morgan fingerprint density at radius 2 is 1.95 bits per heavy atom. The predicted octanol–water partition coefficient (Wildman–Crippen LogP) is 2.43. The first-order chi connectivity index (χ1) is 9.39. The van der Waals surface area contributed by atoms with E-state index >= 15 is 0 Å². The highest BCUT2D eigenvalue weighted by molar-refractivity contribution is 5.80. The Kier molecular flexibility index (Phi) is 6.46. The summed E-state index contributed by atoms with van der Waals surface area (Å²) >= 11 is 0. The molecule has 0 aliphatic carbocycles. The second kappa shape index (κ2) is 7.41. The third-order valence-corrected chi connectivity index (χ3v) is 5.12. The maximum atomic E-state index is 12.0. The van der Waals surface area contributed by atoms with E-state index < -0.39 is 5.54 Å². The van der Waals surface area contributed by atoms with Gasteiger partial charge in [-0.15, -0.1) is 0 Å². The van der Waals surface area contributed by atoms with Crippen LogP contribution in [0.25, 0.3) is 0 Å². The van der Waals surface area contributed by atoms with Crippen molar-refractivity contribution < 1.29 is 9.53 Å². The lowest BCUT2D eigenvalue weighted by molar-refractivity contribution is -0.150. The molecule has 1 aliphatic rings. The normalized spacial score (nSPS) is 22.2. The van der Waals surface area contributed by atoms with Gasteiger partial charge in [0.05, 0.1) is 6.61 Å². The highest BCUT2D eigenvalue weighted by atomic mass is 16.5. The van der Waals surface area contributed by atoms with Crippen molar-refractivity contribution in [1.29, 1.82) is 0 Å². The van der Waals surface area contributed by atoms with E-state index in [0.717, 1.165) is 26.1 Å². The van der Waals surface area contributed by atoms with Gasteiger partial charge < -0.3 is 15.0 Å². The van der Waals surface area contributed by atoms with Gasteiger partial charge in [-0.25, -0.2) is 0 Å². The molecule has 4 heteroatoms. The van der Waals surface area contributed by atoms with Crippen LogP contribution >= 0.6 is 0 Å². The lowest BCUT2D eigenvalue weighted by Gasteiger charge is -2.40. The minimum atomic E-state index is -0.568. The number of likely N-dealkylation sites (N-methyl/N-ethyl adjacent to an activating group) is 1.